The van der Waals surface area contributed by atoms with Gasteiger partial charge in [-0.25, -0.2) is 14.4 Å². The van der Waals surface area contributed by atoms with Crippen LogP contribution in [0, 0.1) is 6.92 Å². The minimum Gasteiger partial charge on any atom is -0.465 e. The highest BCUT2D eigenvalue weighted by molar-refractivity contribution is 5.90. The van der Waals surface area contributed by atoms with Gasteiger partial charge in [0.25, 0.3) is 0 Å². The molecule has 136 valence electrons. The first-order chi connectivity index (χ1) is 12.4. The van der Waals surface area contributed by atoms with Crippen molar-refractivity contribution >= 4 is 24.0 Å². The van der Waals surface area contributed by atoms with Crippen molar-refractivity contribution < 1.29 is 33.0 Å². The fourth-order valence-electron chi connectivity index (χ4n) is 2.12. The van der Waals surface area contributed by atoms with Crippen molar-refractivity contribution in [2.24, 2.45) is 0 Å². The summed E-state index contributed by atoms with van der Waals surface area (Å²) in [5.41, 5.74) is 1.74. The summed E-state index contributed by atoms with van der Waals surface area (Å²) in [4.78, 5) is 34.6. The largest absolute Gasteiger partial charge is 0.465 e. The van der Waals surface area contributed by atoms with Gasteiger partial charge in [-0.2, -0.15) is 0 Å². The first kappa shape index (κ1) is 19.0. The second-order valence-electron chi connectivity index (χ2n) is 5.27. The third-order valence-corrected chi connectivity index (χ3v) is 3.44. The quantitative estimate of drug-likeness (QED) is 0.445. The third kappa shape index (κ3) is 4.83. The van der Waals surface area contributed by atoms with Gasteiger partial charge in [0.15, 0.2) is 0 Å². The molecule has 0 aliphatic carbocycles. The molecule has 7 nitrogen and oxygen atoms in total. The molecule has 2 aromatic rings. The summed E-state index contributed by atoms with van der Waals surface area (Å²) in [6.45, 7) is 1.58. The molecule has 26 heavy (non-hydrogen) atoms. The Kier molecular flexibility index (Phi) is 6.32. The van der Waals surface area contributed by atoms with Gasteiger partial charge in [-0.15, -0.1) is 0 Å². The van der Waals surface area contributed by atoms with Gasteiger partial charge in [-0.3, -0.25) is 0 Å². The second-order valence-corrected chi connectivity index (χ2v) is 5.27. The lowest BCUT2D eigenvalue weighted by molar-refractivity contribution is -0.139. The van der Waals surface area contributed by atoms with Crippen molar-refractivity contribution in [3.63, 3.8) is 0 Å². The predicted octanol–water partition coefficient (Wildman–Crippen LogP) is 2.92. The molecule has 0 fully saturated rings. The lowest BCUT2D eigenvalue weighted by atomic mass is 10.1. The molecule has 0 radical (unpaired) electrons. The molecule has 0 aliphatic rings. The Labute approximate surface area is 150 Å². The highest BCUT2D eigenvalue weighted by Crippen LogP contribution is 2.16. The van der Waals surface area contributed by atoms with Gasteiger partial charge in [0.1, 0.15) is 12.4 Å². The van der Waals surface area contributed by atoms with Gasteiger partial charge in [0, 0.05) is 11.6 Å². The van der Waals surface area contributed by atoms with Crippen LogP contribution in [-0.2, 0) is 25.6 Å². The van der Waals surface area contributed by atoms with Gasteiger partial charge in [-0.05, 0) is 36.8 Å². The number of aryl methyl sites for hydroxylation is 1. The van der Waals surface area contributed by atoms with Gasteiger partial charge in [0.05, 0.1) is 19.8 Å². The molecule has 1 aromatic heterocycles. The van der Waals surface area contributed by atoms with Crippen LogP contribution in [0.1, 0.15) is 37.8 Å². The zero-order valence-electron chi connectivity index (χ0n) is 14.6. The average molecular weight is 358 g/mol. The predicted molar refractivity (Wildman–Crippen MR) is 91.4 cm³/mol. The second kappa shape index (κ2) is 8.66. The van der Waals surface area contributed by atoms with E-state index < -0.39 is 17.9 Å². The Morgan fingerprint density at radius 3 is 2.31 bits per heavy atom. The molecule has 0 saturated heterocycles. The molecule has 0 atom stereocenters. The molecule has 0 unspecified atom stereocenters. The number of esters is 3. The van der Waals surface area contributed by atoms with E-state index in [4.69, 9.17) is 9.15 Å². The zero-order chi connectivity index (χ0) is 19.1. The fraction of sp³-hybridized carbons (Fsp3) is 0.211. The molecule has 0 saturated carbocycles. The molecule has 2 rings (SSSR count). The number of benzene rings is 1. The van der Waals surface area contributed by atoms with E-state index in [1.165, 1.54) is 20.3 Å². The molecule has 0 spiro atoms. The fourth-order valence-corrected chi connectivity index (χ4v) is 2.12. The summed E-state index contributed by atoms with van der Waals surface area (Å²) < 4.78 is 19.6. The van der Waals surface area contributed by atoms with Crippen molar-refractivity contribution in [2.45, 2.75) is 13.5 Å². The Balaban J connectivity index is 1.91. The van der Waals surface area contributed by atoms with E-state index in [0.29, 0.717) is 16.9 Å². The van der Waals surface area contributed by atoms with Crippen molar-refractivity contribution in [1.29, 1.82) is 0 Å². The SMILES string of the molecule is COC(=O)c1ccc(/C=C/C(=O)OCc2cc(C)c(C(=O)OC)o2)cc1. The molecule has 0 bridgehead atoms. The summed E-state index contributed by atoms with van der Waals surface area (Å²) in [5, 5.41) is 0. The normalized spacial score (nSPS) is 10.6. The number of ether oxygens (including phenoxy) is 3. The molecule has 1 aromatic carbocycles. The molecule has 0 N–H and O–H groups in total. The molecule has 0 aliphatic heterocycles. The molecule has 7 heteroatoms. The number of carbonyl (C=O) groups excluding carboxylic acids is 3. The summed E-state index contributed by atoms with van der Waals surface area (Å²) in [6.07, 6.45) is 2.81. The van der Waals surface area contributed by atoms with Gasteiger partial charge in [-0.1, -0.05) is 12.1 Å². The standard InChI is InChI=1S/C19H18O7/c1-12-10-15(26-17(12)19(22)24-3)11-25-16(20)9-6-13-4-7-14(8-5-13)18(21)23-2/h4-10H,11H2,1-3H3/b9-6+. The first-order valence-corrected chi connectivity index (χ1v) is 7.65. The number of hydrogen-bond acceptors (Lipinski definition) is 7. The maximum absolute atomic E-state index is 11.8. The Morgan fingerprint density at radius 1 is 1.04 bits per heavy atom. The van der Waals surface area contributed by atoms with Crippen LogP contribution in [0.4, 0.5) is 0 Å². The van der Waals surface area contributed by atoms with Crippen LogP contribution in [0.5, 0.6) is 0 Å². The van der Waals surface area contributed by atoms with E-state index in [2.05, 4.69) is 9.47 Å². The molecular formula is C19H18O7. The smallest absolute Gasteiger partial charge is 0.374 e. The maximum Gasteiger partial charge on any atom is 0.374 e. The highest BCUT2D eigenvalue weighted by atomic mass is 16.6. The van der Waals surface area contributed by atoms with Crippen LogP contribution < -0.4 is 0 Å². The van der Waals surface area contributed by atoms with Gasteiger partial charge >= 0.3 is 17.9 Å². The highest BCUT2D eigenvalue weighted by Gasteiger charge is 2.16. The molecular weight excluding hydrogens is 340 g/mol. The van der Waals surface area contributed by atoms with Gasteiger partial charge in [0.2, 0.25) is 5.76 Å². The summed E-state index contributed by atoms with van der Waals surface area (Å²) in [5.74, 6) is -1.17. The van der Waals surface area contributed by atoms with Crippen molar-refractivity contribution in [2.75, 3.05) is 14.2 Å². The number of rotatable bonds is 6. The van der Waals surface area contributed by atoms with Crippen LogP contribution in [-0.4, -0.2) is 32.1 Å². The number of carbonyl (C=O) groups is 3. The topological polar surface area (TPSA) is 92.0 Å². The van der Waals surface area contributed by atoms with E-state index in [-0.39, 0.29) is 12.4 Å². The lowest BCUT2D eigenvalue weighted by Crippen LogP contribution is -2.01. The average Bonchev–Trinajstić information content (AvgIpc) is 3.04. The van der Waals surface area contributed by atoms with Crippen LogP contribution in [0.3, 0.4) is 0 Å². The Hall–Kier alpha value is -3.35. The van der Waals surface area contributed by atoms with Crippen molar-refractivity contribution in [3.05, 3.63) is 64.6 Å². The van der Waals surface area contributed by atoms with Crippen LogP contribution in [0.15, 0.2) is 40.8 Å². The summed E-state index contributed by atoms with van der Waals surface area (Å²) in [6, 6.07) is 8.14. The zero-order valence-corrected chi connectivity index (χ0v) is 14.6. The van der Waals surface area contributed by atoms with Crippen LogP contribution in [0.2, 0.25) is 0 Å². The third-order valence-electron chi connectivity index (χ3n) is 3.44. The Morgan fingerprint density at radius 2 is 1.69 bits per heavy atom. The van der Waals surface area contributed by atoms with E-state index >= 15 is 0 Å². The molecule has 1 heterocycles. The van der Waals surface area contributed by atoms with Crippen molar-refractivity contribution in [3.8, 4) is 0 Å². The first-order valence-electron chi connectivity index (χ1n) is 7.65. The van der Waals surface area contributed by atoms with Gasteiger partial charge < -0.3 is 18.6 Å². The van der Waals surface area contributed by atoms with E-state index in [1.807, 2.05) is 0 Å². The lowest BCUT2D eigenvalue weighted by Gasteiger charge is -2.00. The molecule has 0 amide bonds. The number of methoxy groups -OCH3 is 2. The van der Waals surface area contributed by atoms with Crippen LogP contribution in [0.25, 0.3) is 6.08 Å². The summed E-state index contributed by atoms with van der Waals surface area (Å²) in [7, 11) is 2.56. The van der Waals surface area contributed by atoms with E-state index in [9.17, 15) is 14.4 Å². The van der Waals surface area contributed by atoms with Crippen LogP contribution >= 0.6 is 0 Å². The maximum atomic E-state index is 11.8. The Bertz CT molecular complexity index is 828. The van der Waals surface area contributed by atoms with Crippen molar-refractivity contribution in [1.82, 2.24) is 0 Å². The monoisotopic (exact) mass is 358 g/mol. The summed E-state index contributed by atoms with van der Waals surface area (Å²) >= 11 is 0. The van der Waals surface area contributed by atoms with E-state index in [0.717, 1.165) is 5.56 Å². The minimum atomic E-state index is -0.588. The minimum absolute atomic E-state index is 0.0831. The number of hydrogen-bond donors (Lipinski definition) is 0. The van der Waals surface area contributed by atoms with E-state index in [1.54, 1.807) is 43.3 Å². The number of furan rings is 1.